The van der Waals surface area contributed by atoms with Crippen molar-refractivity contribution in [3.8, 4) is 17.4 Å². The molecule has 11 nitrogen and oxygen atoms in total. The van der Waals surface area contributed by atoms with Crippen LogP contribution in [0.5, 0.6) is 17.4 Å². The van der Waals surface area contributed by atoms with Crippen LogP contribution in [0.2, 0.25) is 0 Å². The average Bonchev–Trinajstić information content (AvgIpc) is 3.10. The number of aliphatic carboxylic acids is 1. The van der Waals surface area contributed by atoms with E-state index in [1.165, 1.54) is 49.6 Å². The van der Waals surface area contributed by atoms with E-state index in [9.17, 15) is 24.3 Å². The van der Waals surface area contributed by atoms with Crippen molar-refractivity contribution in [3.63, 3.8) is 0 Å². The molecule has 0 unspecified atom stereocenters. The normalized spacial score (nSPS) is 10.5. The van der Waals surface area contributed by atoms with Gasteiger partial charge in [0.1, 0.15) is 18.0 Å². The Kier molecular flexibility index (Phi) is 13.1. The van der Waals surface area contributed by atoms with Crippen LogP contribution < -0.4 is 19.5 Å². The van der Waals surface area contributed by atoms with Crippen molar-refractivity contribution in [3.05, 3.63) is 113 Å². The first kappa shape index (κ1) is 35.1. The summed E-state index contributed by atoms with van der Waals surface area (Å²) in [7, 11) is 1.48. The van der Waals surface area contributed by atoms with Gasteiger partial charge < -0.3 is 29.5 Å². The van der Waals surface area contributed by atoms with Gasteiger partial charge >= 0.3 is 11.9 Å². The fourth-order valence-electron chi connectivity index (χ4n) is 4.71. The van der Waals surface area contributed by atoms with Crippen LogP contribution in [0.25, 0.3) is 0 Å². The number of carbonyl (C=O) groups is 4. The number of carbonyl (C=O) groups excluding carboxylic acids is 3. The van der Waals surface area contributed by atoms with Gasteiger partial charge in [0.2, 0.25) is 5.88 Å². The molecule has 1 heterocycles. The second-order valence-electron chi connectivity index (χ2n) is 11.0. The number of benzene rings is 3. The second-order valence-corrected chi connectivity index (χ2v) is 11.0. The summed E-state index contributed by atoms with van der Waals surface area (Å²) in [5.41, 5.74) is 2.02. The van der Waals surface area contributed by atoms with Crippen LogP contribution in [0.3, 0.4) is 0 Å². The Labute approximate surface area is 279 Å². The molecule has 0 fully saturated rings. The number of methoxy groups -OCH3 is 1. The molecule has 0 spiro atoms. The van der Waals surface area contributed by atoms with Crippen LogP contribution in [0, 0.1) is 0 Å². The number of hydrogen-bond acceptors (Lipinski definition) is 8. The van der Waals surface area contributed by atoms with Crippen molar-refractivity contribution in [2.75, 3.05) is 25.6 Å². The summed E-state index contributed by atoms with van der Waals surface area (Å²) < 4.78 is 16.3. The third-order valence-electron chi connectivity index (χ3n) is 7.32. The Morgan fingerprint density at radius 3 is 2.04 bits per heavy atom. The monoisotopic (exact) mass is 653 g/mol. The quantitative estimate of drug-likeness (QED) is 0.0728. The number of carboxylic acids is 1. The van der Waals surface area contributed by atoms with E-state index in [4.69, 9.17) is 14.2 Å². The molecule has 0 aliphatic carbocycles. The molecule has 11 heteroatoms. The maximum absolute atomic E-state index is 13.3. The molecule has 0 saturated heterocycles. The summed E-state index contributed by atoms with van der Waals surface area (Å²) in [5, 5.41) is 12.2. The summed E-state index contributed by atoms with van der Waals surface area (Å²) in [6.45, 7) is 2.28. The summed E-state index contributed by atoms with van der Waals surface area (Å²) in [6, 6.07) is 22.5. The van der Waals surface area contributed by atoms with E-state index in [-0.39, 0.29) is 12.1 Å². The fourth-order valence-corrected chi connectivity index (χ4v) is 4.71. The molecule has 0 radical (unpaired) electrons. The summed E-state index contributed by atoms with van der Waals surface area (Å²) in [4.78, 5) is 55.3. The first-order valence-corrected chi connectivity index (χ1v) is 15.7. The molecule has 3 aromatic carbocycles. The lowest BCUT2D eigenvalue weighted by Crippen LogP contribution is -2.35. The molecule has 1 aromatic heterocycles. The maximum atomic E-state index is 13.3. The van der Waals surface area contributed by atoms with E-state index >= 15 is 0 Å². The van der Waals surface area contributed by atoms with Gasteiger partial charge in [-0.15, -0.1) is 0 Å². The molecule has 250 valence electrons. The van der Waals surface area contributed by atoms with E-state index in [1.54, 1.807) is 72.8 Å². The second kappa shape index (κ2) is 17.8. The largest absolute Gasteiger partial charge is 0.494 e. The van der Waals surface area contributed by atoms with Gasteiger partial charge in [0, 0.05) is 30.1 Å². The number of esters is 1. The number of nitrogens with zero attached hydrogens (tertiary/aromatic N) is 2. The molecule has 2 amide bonds. The van der Waals surface area contributed by atoms with E-state index in [1.807, 2.05) is 0 Å². The lowest BCUT2D eigenvalue weighted by atomic mass is 10.1. The Bertz CT molecular complexity index is 1660. The summed E-state index contributed by atoms with van der Waals surface area (Å²) >= 11 is 0. The lowest BCUT2D eigenvalue weighted by Gasteiger charge is -2.21. The molecule has 4 aromatic rings. The van der Waals surface area contributed by atoms with Crippen molar-refractivity contribution >= 4 is 29.4 Å². The molecule has 0 aliphatic rings. The Hall–Kier alpha value is -5.71. The van der Waals surface area contributed by atoms with Crippen molar-refractivity contribution in [1.82, 2.24) is 9.88 Å². The number of aromatic nitrogens is 1. The lowest BCUT2D eigenvalue weighted by molar-refractivity contribution is -0.137. The minimum atomic E-state index is -1.17. The highest BCUT2D eigenvalue weighted by molar-refractivity contribution is 6.04. The zero-order valence-electron chi connectivity index (χ0n) is 27.0. The van der Waals surface area contributed by atoms with Crippen molar-refractivity contribution in [2.24, 2.45) is 0 Å². The predicted octanol–water partition coefficient (Wildman–Crippen LogP) is 6.64. The summed E-state index contributed by atoms with van der Waals surface area (Å²) in [6.07, 6.45) is 7.13. The Balaban J connectivity index is 1.31. The van der Waals surface area contributed by atoms with Gasteiger partial charge in [-0.1, -0.05) is 44.7 Å². The summed E-state index contributed by atoms with van der Waals surface area (Å²) in [5.74, 6) is -1.23. The number of hydrogen-bond donors (Lipinski definition) is 2. The number of ether oxygens (including phenoxy) is 3. The van der Waals surface area contributed by atoms with Gasteiger partial charge in [-0.2, -0.15) is 0 Å². The number of rotatable bonds is 17. The van der Waals surface area contributed by atoms with Gasteiger partial charge in [0.15, 0.2) is 0 Å². The topological polar surface area (TPSA) is 144 Å². The Morgan fingerprint density at radius 2 is 1.42 bits per heavy atom. The molecule has 2 N–H and O–H groups in total. The van der Waals surface area contributed by atoms with Crippen molar-refractivity contribution in [2.45, 2.75) is 45.6 Å². The van der Waals surface area contributed by atoms with Crippen LogP contribution >= 0.6 is 0 Å². The minimum absolute atomic E-state index is 0.00236. The van der Waals surface area contributed by atoms with Gasteiger partial charge in [-0.05, 0) is 78.7 Å². The van der Waals surface area contributed by atoms with Crippen molar-refractivity contribution in [1.29, 1.82) is 0 Å². The fraction of sp³-hybridized carbons (Fsp3) is 0.270. The minimum Gasteiger partial charge on any atom is -0.494 e. The van der Waals surface area contributed by atoms with E-state index in [2.05, 4.69) is 17.2 Å². The highest BCUT2D eigenvalue weighted by Crippen LogP contribution is 2.20. The third-order valence-corrected chi connectivity index (χ3v) is 7.32. The Morgan fingerprint density at radius 1 is 0.771 bits per heavy atom. The van der Waals surface area contributed by atoms with Crippen LogP contribution in [-0.2, 0) is 11.3 Å². The SMILES string of the molecule is CCCCCCCOc1ccc(C(=O)Oc2ccc(CN(CC(=O)O)C(=O)c3ccc(NC(=O)c4ccc(OC)nc4)cc3)cc2)cc1. The predicted molar refractivity (Wildman–Crippen MR) is 180 cm³/mol. The number of anilines is 1. The van der Waals surface area contributed by atoms with E-state index in [0.717, 1.165) is 12.8 Å². The number of unbranched alkanes of at least 4 members (excludes halogenated alkanes) is 4. The van der Waals surface area contributed by atoms with E-state index < -0.39 is 30.3 Å². The molecule has 48 heavy (non-hydrogen) atoms. The van der Waals surface area contributed by atoms with Gasteiger partial charge in [0.05, 0.1) is 24.8 Å². The van der Waals surface area contributed by atoms with Crippen LogP contribution in [0.4, 0.5) is 5.69 Å². The van der Waals surface area contributed by atoms with Gasteiger partial charge in [-0.3, -0.25) is 14.4 Å². The van der Waals surface area contributed by atoms with Crippen LogP contribution in [-0.4, -0.2) is 59.0 Å². The molecule has 0 saturated carbocycles. The number of pyridine rings is 1. The van der Waals surface area contributed by atoms with Crippen LogP contribution in [0.1, 0.15) is 75.7 Å². The highest BCUT2D eigenvalue weighted by Gasteiger charge is 2.20. The maximum Gasteiger partial charge on any atom is 0.343 e. The molecule has 0 bridgehead atoms. The average molecular weight is 654 g/mol. The zero-order chi connectivity index (χ0) is 34.3. The van der Waals surface area contributed by atoms with Crippen LogP contribution in [0.15, 0.2) is 91.1 Å². The molecule has 0 aliphatic heterocycles. The number of carboxylic acid groups (broad SMARTS) is 1. The van der Waals surface area contributed by atoms with Crippen molar-refractivity contribution < 1.29 is 38.5 Å². The standard InChI is InChI=1S/C37H39N3O8/c1-3-4-5-6-7-22-47-31-19-12-28(13-20-31)37(45)48-32-17-8-26(9-18-32)24-40(25-34(41)42)36(44)27-10-15-30(16-11-27)39-35(43)29-14-21-33(46-2)38-23-29/h8-21,23H,3-7,22,24-25H2,1-2H3,(H,39,43)(H,41,42). The first-order chi connectivity index (χ1) is 23.2. The molecule has 4 rings (SSSR count). The zero-order valence-corrected chi connectivity index (χ0v) is 27.0. The highest BCUT2D eigenvalue weighted by atomic mass is 16.5. The molecular formula is C37H39N3O8. The molecular weight excluding hydrogens is 614 g/mol. The number of nitrogens with one attached hydrogen (secondary N) is 1. The molecule has 0 atom stereocenters. The number of amides is 2. The van der Waals surface area contributed by atoms with Gasteiger partial charge in [0.25, 0.3) is 11.8 Å². The third kappa shape index (κ3) is 10.7. The first-order valence-electron chi connectivity index (χ1n) is 15.7. The van der Waals surface area contributed by atoms with E-state index in [0.29, 0.717) is 46.4 Å². The van der Waals surface area contributed by atoms with Gasteiger partial charge in [-0.25, -0.2) is 9.78 Å². The smallest absolute Gasteiger partial charge is 0.343 e.